The third kappa shape index (κ3) is 5.03. The van der Waals surface area contributed by atoms with Crippen LogP contribution in [0.5, 0.6) is 0 Å². The third-order valence-corrected chi connectivity index (χ3v) is 3.27. The molecule has 0 saturated carbocycles. The summed E-state index contributed by atoms with van der Waals surface area (Å²) >= 11 is 0. The van der Waals surface area contributed by atoms with Gasteiger partial charge in [0.1, 0.15) is 0 Å². The lowest BCUT2D eigenvalue weighted by molar-refractivity contribution is -0.139. The minimum Gasteiger partial charge on any atom is -0.481 e. The van der Waals surface area contributed by atoms with E-state index in [2.05, 4.69) is 32.9 Å². The second kappa shape index (κ2) is 5.85. The number of aliphatic carboxylic acids is 1. The van der Waals surface area contributed by atoms with Crippen molar-refractivity contribution in [3.63, 3.8) is 0 Å². The molecule has 94 valence electrons. The Kier molecular flexibility index (Phi) is 4.73. The predicted octanol–water partition coefficient (Wildman–Crippen LogP) is 3.76. The zero-order valence-corrected chi connectivity index (χ0v) is 10.9. The zero-order valence-electron chi connectivity index (χ0n) is 10.9. The molecule has 0 bridgehead atoms. The minimum atomic E-state index is -0.696. The standard InChI is InChI=1S/C15H22O2/c1-15(2,3)13(11-14(16)17)10-9-12-7-5-4-6-8-12/h4-8,13H,9-11H2,1-3H3,(H,16,17). The van der Waals surface area contributed by atoms with Crippen molar-refractivity contribution in [3.8, 4) is 0 Å². The number of aryl methyl sites for hydroxylation is 1. The van der Waals surface area contributed by atoms with Gasteiger partial charge in [0.05, 0.1) is 0 Å². The fourth-order valence-corrected chi connectivity index (χ4v) is 2.04. The van der Waals surface area contributed by atoms with E-state index in [1.807, 2.05) is 18.2 Å². The molecule has 0 radical (unpaired) electrons. The van der Waals surface area contributed by atoms with Gasteiger partial charge in [0.15, 0.2) is 0 Å². The van der Waals surface area contributed by atoms with E-state index in [0.29, 0.717) is 0 Å². The lowest BCUT2D eigenvalue weighted by atomic mass is 9.76. The van der Waals surface area contributed by atoms with E-state index in [4.69, 9.17) is 5.11 Å². The summed E-state index contributed by atoms with van der Waals surface area (Å²) in [5.41, 5.74) is 1.33. The average Bonchev–Trinajstić information content (AvgIpc) is 2.23. The fraction of sp³-hybridized carbons (Fsp3) is 0.533. The number of rotatable bonds is 5. The molecule has 1 atom stereocenters. The van der Waals surface area contributed by atoms with Crippen molar-refractivity contribution in [1.29, 1.82) is 0 Å². The molecule has 0 fully saturated rings. The zero-order chi connectivity index (χ0) is 12.9. The van der Waals surface area contributed by atoms with Gasteiger partial charge < -0.3 is 5.11 Å². The quantitative estimate of drug-likeness (QED) is 0.842. The molecule has 0 spiro atoms. The van der Waals surface area contributed by atoms with E-state index >= 15 is 0 Å². The molecule has 1 rings (SSSR count). The summed E-state index contributed by atoms with van der Waals surface area (Å²) in [7, 11) is 0. The van der Waals surface area contributed by atoms with Crippen LogP contribution in [0, 0.1) is 11.3 Å². The van der Waals surface area contributed by atoms with Gasteiger partial charge >= 0.3 is 5.97 Å². The highest BCUT2D eigenvalue weighted by molar-refractivity contribution is 5.67. The van der Waals surface area contributed by atoms with Crippen LogP contribution in [0.25, 0.3) is 0 Å². The highest BCUT2D eigenvalue weighted by Gasteiger charge is 2.26. The maximum Gasteiger partial charge on any atom is 0.303 e. The molecule has 0 saturated heterocycles. The molecule has 0 heterocycles. The first-order valence-electron chi connectivity index (χ1n) is 6.15. The van der Waals surface area contributed by atoms with E-state index in [1.54, 1.807) is 0 Å². The van der Waals surface area contributed by atoms with Crippen molar-refractivity contribution in [3.05, 3.63) is 35.9 Å². The van der Waals surface area contributed by atoms with Crippen molar-refractivity contribution in [2.45, 2.75) is 40.0 Å². The molecular weight excluding hydrogens is 212 g/mol. The van der Waals surface area contributed by atoms with Gasteiger partial charge in [0.2, 0.25) is 0 Å². The maximum atomic E-state index is 10.9. The molecule has 0 aliphatic carbocycles. The van der Waals surface area contributed by atoms with Crippen molar-refractivity contribution in [2.75, 3.05) is 0 Å². The van der Waals surface area contributed by atoms with Gasteiger partial charge in [0, 0.05) is 6.42 Å². The van der Waals surface area contributed by atoms with E-state index < -0.39 is 5.97 Å². The molecule has 2 nitrogen and oxygen atoms in total. The van der Waals surface area contributed by atoms with Crippen LogP contribution in [-0.2, 0) is 11.2 Å². The molecule has 0 aliphatic rings. The maximum absolute atomic E-state index is 10.9. The Balaban J connectivity index is 2.59. The van der Waals surface area contributed by atoms with Crippen LogP contribution in [0.15, 0.2) is 30.3 Å². The topological polar surface area (TPSA) is 37.3 Å². The first kappa shape index (κ1) is 13.8. The van der Waals surface area contributed by atoms with Crippen LogP contribution in [0.3, 0.4) is 0 Å². The highest BCUT2D eigenvalue weighted by Crippen LogP contribution is 2.32. The molecule has 1 aromatic carbocycles. The van der Waals surface area contributed by atoms with Crippen LogP contribution in [0.2, 0.25) is 0 Å². The fourth-order valence-electron chi connectivity index (χ4n) is 2.04. The molecule has 1 N–H and O–H groups in total. The molecule has 0 aromatic heterocycles. The van der Waals surface area contributed by atoms with Gasteiger partial charge in [-0.1, -0.05) is 51.1 Å². The lowest BCUT2D eigenvalue weighted by Crippen LogP contribution is -2.24. The number of carbonyl (C=O) groups is 1. The molecule has 17 heavy (non-hydrogen) atoms. The summed E-state index contributed by atoms with van der Waals surface area (Å²) in [6.45, 7) is 6.35. The van der Waals surface area contributed by atoms with E-state index in [1.165, 1.54) is 5.56 Å². The smallest absolute Gasteiger partial charge is 0.303 e. The summed E-state index contributed by atoms with van der Waals surface area (Å²) < 4.78 is 0. The number of hydrogen-bond donors (Lipinski definition) is 1. The second-order valence-electron chi connectivity index (χ2n) is 5.69. The predicted molar refractivity (Wildman–Crippen MR) is 70.0 cm³/mol. The Hall–Kier alpha value is -1.31. The average molecular weight is 234 g/mol. The molecular formula is C15H22O2. The van der Waals surface area contributed by atoms with E-state index in [-0.39, 0.29) is 17.8 Å². The van der Waals surface area contributed by atoms with Gasteiger partial charge in [-0.05, 0) is 29.7 Å². The van der Waals surface area contributed by atoms with Crippen LogP contribution in [-0.4, -0.2) is 11.1 Å². The van der Waals surface area contributed by atoms with Gasteiger partial charge in [-0.15, -0.1) is 0 Å². The first-order chi connectivity index (χ1) is 7.89. The molecule has 1 aromatic rings. The number of carboxylic acid groups (broad SMARTS) is 1. The number of carboxylic acids is 1. The molecule has 1 unspecified atom stereocenters. The Morgan fingerprint density at radius 1 is 1.24 bits per heavy atom. The van der Waals surface area contributed by atoms with Crippen LogP contribution in [0.4, 0.5) is 0 Å². The van der Waals surface area contributed by atoms with Gasteiger partial charge in [0.25, 0.3) is 0 Å². The van der Waals surface area contributed by atoms with E-state index in [0.717, 1.165) is 12.8 Å². The Bertz CT molecular complexity index is 349. The normalized spacial score (nSPS) is 13.4. The highest BCUT2D eigenvalue weighted by atomic mass is 16.4. The van der Waals surface area contributed by atoms with Gasteiger partial charge in [-0.2, -0.15) is 0 Å². The van der Waals surface area contributed by atoms with Gasteiger partial charge in [-0.3, -0.25) is 4.79 Å². The van der Waals surface area contributed by atoms with Crippen molar-refractivity contribution in [1.82, 2.24) is 0 Å². The van der Waals surface area contributed by atoms with Crippen molar-refractivity contribution < 1.29 is 9.90 Å². The molecule has 0 aliphatic heterocycles. The second-order valence-corrected chi connectivity index (χ2v) is 5.69. The summed E-state index contributed by atoms with van der Waals surface area (Å²) in [5, 5.41) is 8.94. The van der Waals surface area contributed by atoms with Crippen LogP contribution >= 0.6 is 0 Å². The van der Waals surface area contributed by atoms with E-state index in [9.17, 15) is 4.79 Å². The minimum absolute atomic E-state index is 0.0488. The summed E-state index contributed by atoms with van der Waals surface area (Å²) in [4.78, 5) is 10.9. The van der Waals surface area contributed by atoms with Crippen molar-refractivity contribution in [2.24, 2.45) is 11.3 Å². The Morgan fingerprint density at radius 2 is 1.82 bits per heavy atom. The summed E-state index contributed by atoms with van der Waals surface area (Å²) in [6, 6.07) is 10.3. The third-order valence-electron chi connectivity index (χ3n) is 3.27. The number of hydrogen-bond acceptors (Lipinski definition) is 1. The van der Waals surface area contributed by atoms with Crippen LogP contribution in [0.1, 0.15) is 39.2 Å². The van der Waals surface area contributed by atoms with Crippen LogP contribution < -0.4 is 0 Å². The molecule has 0 amide bonds. The molecule has 2 heteroatoms. The monoisotopic (exact) mass is 234 g/mol. The van der Waals surface area contributed by atoms with Crippen molar-refractivity contribution >= 4 is 5.97 Å². The first-order valence-corrected chi connectivity index (χ1v) is 6.15. The number of benzene rings is 1. The SMILES string of the molecule is CC(C)(C)C(CCc1ccccc1)CC(=O)O. The summed E-state index contributed by atoms with van der Waals surface area (Å²) in [6.07, 6.45) is 2.15. The Labute approximate surface area is 104 Å². The lowest BCUT2D eigenvalue weighted by Gasteiger charge is -2.29. The largest absolute Gasteiger partial charge is 0.481 e. The van der Waals surface area contributed by atoms with Gasteiger partial charge in [-0.25, -0.2) is 0 Å². The summed E-state index contributed by atoms with van der Waals surface area (Å²) in [5.74, 6) is -0.474. The Morgan fingerprint density at radius 3 is 2.29 bits per heavy atom.